The molecule has 4 nitrogen and oxygen atoms in total. The minimum Gasteiger partial charge on any atom is -0.376 e. The summed E-state index contributed by atoms with van der Waals surface area (Å²) < 4.78 is 62.4. The SMILES string of the molecule is N[C@@H]1CCCc2cc(OS(=O)(=O)C(F)(F)F)ccc21. The van der Waals surface area contributed by atoms with Crippen LogP contribution in [0.4, 0.5) is 13.2 Å². The number of hydrogen-bond donors (Lipinski definition) is 1. The highest BCUT2D eigenvalue weighted by Gasteiger charge is 2.48. The third-order valence-corrected chi connectivity index (χ3v) is 3.94. The van der Waals surface area contributed by atoms with Crippen molar-refractivity contribution in [1.29, 1.82) is 0 Å². The molecule has 0 aliphatic heterocycles. The zero-order chi connectivity index (χ0) is 14.3. The average Bonchev–Trinajstić information content (AvgIpc) is 2.27. The Morgan fingerprint density at radius 2 is 2.00 bits per heavy atom. The molecule has 2 rings (SSSR count). The summed E-state index contributed by atoms with van der Waals surface area (Å²) in [6.07, 6.45) is 2.25. The van der Waals surface area contributed by atoms with Gasteiger partial charge >= 0.3 is 15.6 Å². The van der Waals surface area contributed by atoms with E-state index in [1.54, 1.807) is 0 Å². The van der Waals surface area contributed by atoms with E-state index >= 15 is 0 Å². The summed E-state index contributed by atoms with van der Waals surface area (Å²) in [7, 11) is -5.62. The van der Waals surface area contributed by atoms with Gasteiger partial charge in [0.05, 0.1) is 0 Å². The molecule has 0 saturated heterocycles. The first-order valence-corrected chi connectivity index (χ1v) is 7.01. The first kappa shape index (κ1) is 14.1. The smallest absolute Gasteiger partial charge is 0.376 e. The zero-order valence-electron chi connectivity index (χ0n) is 9.77. The molecule has 0 spiro atoms. The van der Waals surface area contributed by atoms with Crippen molar-refractivity contribution < 1.29 is 25.8 Å². The maximum Gasteiger partial charge on any atom is 0.534 e. The van der Waals surface area contributed by atoms with Gasteiger partial charge in [0.1, 0.15) is 5.75 Å². The van der Waals surface area contributed by atoms with Crippen LogP contribution in [-0.4, -0.2) is 13.9 Å². The molecule has 0 aromatic heterocycles. The van der Waals surface area contributed by atoms with Gasteiger partial charge < -0.3 is 9.92 Å². The van der Waals surface area contributed by atoms with Crippen molar-refractivity contribution in [3.05, 3.63) is 29.3 Å². The molecular formula is C11H12F3NO3S. The molecule has 0 radical (unpaired) electrons. The number of aryl methyl sites for hydroxylation is 1. The summed E-state index contributed by atoms with van der Waals surface area (Å²) in [5.41, 5.74) is 1.98. The predicted octanol–water partition coefficient (Wildman–Crippen LogP) is 2.25. The molecule has 1 aromatic rings. The summed E-state index contributed by atoms with van der Waals surface area (Å²) >= 11 is 0. The molecule has 0 amide bonds. The Morgan fingerprint density at radius 1 is 1.32 bits per heavy atom. The van der Waals surface area contributed by atoms with E-state index in [4.69, 9.17) is 5.73 Å². The van der Waals surface area contributed by atoms with E-state index in [2.05, 4.69) is 4.18 Å². The lowest BCUT2D eigenvalue weighted by molar-refractivity contribution is -0.0500. The van der Waals surface area contributed by atoms with Gasteiger partial charge in [-0.15, -0.1) is 0 Å². The Labute approximate surface area is 108 Å². The number of benzene rings is 1. The Bertz CT molecular complexity index is 583. The van der Waals surface area contributed by atoms with Crippen molar-refractivity contribution in [1.82, 2.24) is 0 Å². The van der Waals surface area contributed by atoms with E-state index in [0.29, 0.717) is 6.42 Å². The van der Waals surface area contributed by atoms with Crippen molar-refractivity contribution in [2.24, 2.45) is 5.73 Å². The predicted molar refractivity (Wildman–Crippen MR) is 61.9 cm³/mol. The molecule has 106 valence electrons. The summed E-state index contributed by atoms with van der Waals surface area (Å²) in [5, 5.41) is 0. The second-order valence-corrected chi connectivity index (χ2v) is 5.88. The van der Waals surface area contributed by atoms with Crippen LogP contribution in [-0.2, 0) is 16.5 Å². The molecule has 19 heavy (non-hydrogen) atoms. The van der Waals surface area contributed by atoms with E-state index in [1.807, 2.05) is 0 Å². The molecular weight excluding hydrogens is 283 g/mol. The van der Waals surface area contributed by atoms with Gasteiger partial charge in [-0.25, -0.2) is 0 Å². The van der Waals surface area contributed by atoms with Crippen LogP contribution in [0.2, 0.25) is 0 Å². The summed E-state index contributed by atoms with van der Waals surface area (Å²) in [5.74, 6) is -0.342. The number of hydrogen-bond acceptors (Lipinski definition) is 4. The van der Waals surface area contributed by atoms with Crippen LogP contribution in [0.15, 0.2) is 18.2 Å². The first-order chi connectivity index (χ1) is 8.71. The Balaban J connectivity index is 2.29. The van der Waals surface area contributed by atoms with E-state index in [9.17, 15) is 21.6 Å². The van der Waals surface area contributed by atoms with E-state index in [1.165, 1.54) is 18.2 Å². The minimum absolute atomic E-state index is 0.169. The van der Waals surface area contributed by atoms with Crippen LogP contribution < -0.4 is 9.92 Å². The lowest BCUT2D eigenvalue weighted by atomic mass is 9.88. The van der Waals surface area contributed by atoms with Gasteiger partial charge in [-0.2, -0.15) is 21.6 Å². The summed E-state index contributed by atoms with van der Waals surface area (Å²) in [6.45, 7) is 0. The normalized spacial score (nSPS) is 19.9. The van der Waals surface area contributed by atoms with Gasteiger partial charge in [0.2, 0.25) is 0 Å². The van der Waals surface area contributed by atoms with Crippen LogP contribution >= 0.6 is 0 Å². The molecule has 1 aliphatic carbocycles. The molecule has 1 aromatic carbocycles. The lowest BCUT2D eigenvalue weighted by Crippen LogP contribution is -2.28. The molecule has 2 N–H and O–H groups in total. The van der Waals surface area contributed by atoms with Crippen LogP contribution in [0.25, 0.3) is 0 Å². The Morgan fingerprint density at radius 3 is 2.63 bits per heavy atom. The first-order valence-electron chi connectivity index (χ1n) is 5.60. The highest BCUT2D eigenvalue weighted by Crippen LogP contribution is 2.32. The topological polar surface area (TPSA) is 69.4 Å². The minimum atomic E-state index is -5.62. The molecule has 1 atom stereocenters. The largest absolute Gasteiger partial charge is 0.534 e. The van der Waals surface area contributed by atoms with E-state index in [0.717, 1.165) is 24.0 Å². The maximum absolute atomic E-state index is 12.2. The monoisotopic (exact) mass is 295 g/mol. The molecule has 0 bridgehead atoms. The maximum atomic E-state index is 12.2. The van der Waals surface area contributed by atoms with Crippen molar-refractivity contribution in [2.75, 3.05) is 0 Å². The lowest BCUT2D eigenvalue weighted by Gasteiger charge is -2.22. The number of halogens is 3. The Hall–Kier alpha value is -1.28. The fourth-order valence-electron chi connectivity index (χ4n) is 2.05. The fourth-order valence-corrected chi connectivity index (χ4v) is 2.51. The van der Waals surface area contributed by atoms with Gasteiger partial charge in [0, 0.05) is 6.04 Å². The van der Waals surface area contributed by atoms with Gasteiger partial charge in [-0.1, -0.05) is 6.07 Å². The van der Waals surface area contributed by atoms with Gasteiger partial charge in [0.25, 0.3) is 0 Å². The average molecular weight is 295 g/mol. The third-order valence-electron chi connectivity index (χ3n) is 2.96. The number of nitrogens with two attached hydrogens (primary N) is 1. The number of rotatable bonds is 2. The quantitative estimate of drug-likeness (QED) is 0.671. The fraction of sp³-hybridized carbons (Fsp3) is 0.455. The van der Waals surface area contributed by atoms with Crippen molar-refractivity contribution in [2.45, 2.75) is 30.8 Å². The summed E-state index contributed by atoms with van der Waals surface area (Å²) in [6, 6.07) is 3.84. The van der Waals surface area contributed by atoms with Gasteiger partial charge in [-0.3, -0.25) is 0 Å². The molecule has 0 fully saturated rings. The summed E-state index contributed by atoms with van der Waals surface area (Å²) in [4.78, 5) is 0. The van der Waals surface area contributed by atoms with Crippen LogP contribution in [0.5, 0.6) is 5.75 Å². The van der Waals surface area contributed by atoms with E-state index in [-0.39, 0.29) is 11.8 Å². The highest BCUT2D eigenvalue weighted by atomic mass is 32.2. The zero-order valence-corrected chi connectivity index (χ0v) is 10.6. The van der Waals surface area contributed by atoms with Crippen molar-refractivity contribution >= 4 is 10.1 Å². The standard InChI is InChI=1S/C11H12F3NO3S/c12-11(13,14)19(16,17)18-8-4-5-9-7(6-8)2-1-3-10(9)15/h4-6,10H,1-3,15H2/t10-/m1/s1. The number of fused-ring (bicyclic) bond motifs is 1. The second kappa shape index (κ2) is 4.68. The molecule has 0 unspecified atom stereocenters. The second-order valence-electron chi connectivity index (χ2n) is 4.34. The van der Waals surface area contributed by atoms with Crippen LogP contribution in [0, 0.1) is 0 Å². The van der Waals surface area contributed by atoms with Crippen LogP contribution in [0.3, 0.4) is 0 Å². The van der Waals surface area contributed by atoms with Crippen molar-refractivity contribution in [3.63, 3.8) is 0 Å². The van der Waals surface area contributed by atoms with Gasteiger partial charge in [-0.05, 0) is 42.5 Å². The molecule has 0 heterocycles. The number of alkyl halides is 3. The Kier molecular flexibility index (Phi) is 3.48. The van der Waals surface area contributed by atoms with Crippen LogP contribution in [0.1, 0.15) is 30.0 Å². The van der Waals surface area contributed by atoms with Crippen molar-refractivity contribution in [3.8, 4) is 5.75 Å². The molecule has 1 aliphatic rings. The van der Waals surface area contributed by atoms with E-state index < -0.39 is 15.6 Å². The molecule has 0 saturated carbocycles. The third kappa shape index (κ3) is 2.84. The highest BCUT2D eigenvalue weighted by molar-refractivity contribution is 7.87. The van der Waals surface area contributed by atoms with Gasteiger partial charge in [0.15, 0.2) is 0 Å². The molecule has 8 heteroatoms.